The number of nitrogens with zero attached hydrogens (tertiary/aromatic N) is 1. The third-order valence-electron chi connectivity index (χ3n) is 1.65. The van der Waals surface area contributed by atoms with Gasteiger partial charge in [-0.15, -0.1) is 0 Å². The van der Waals surface area contributed by atoms with Gasteiger partial charge in [0.05, 0.1) is 10.6 Å². The molecule has 0 saturated heterocycles. The van der Waals surface area contributed by atoms with Gasteiger partial charge >= 0.3 is 0 Å². The second-order valence-electron chi connectivity index (χ2n) is 2.60. The maximum absolute atomic E-state index is 8.76. The monoisotopic (exact) mass is 180 g/mol. The Hall–Kier alpha value is -1.04. The van der Waals surface area contributed by atoms with Crippen molar-refractivity contribution in [2.45, 2.75) is 13.0 Å². The minimum Gasteiger partial charge on any atom is -0.324 e. The van der Waals surface area contributed by atoms with Crippen molar-refractivity contribution in [3.63, 3.8) is 0 Å². The van der Waals surface area contributed by atoms with Gasteiger partial charge in [0, 0.05) is 6.04 Å². The van der Waals surface area contributed by atoms with E-state index in [1.165, 1.54) is 0 Å². The molecule has 0 fully saturated rings. The first-order valence-corrected chi connectivity index (χ1v) is 3.98. The van der Waals surface area contributed by atoms with Crippen LogP contribution in [0.25, 0.3) is 0 Å². The zero-order valence-electron chi connectivity index (χ0n) is 6.71. The third kappa shape index (κ3) is 1.58. The van der Waals surface area contributed by atoms with Crippen LogP contribution in [0.5, 0.6) is 0 Å². The van der Waals surface area contributed by atoms with E-state index in [1.54, 1.807) is 12.1 Å². The van der Waals surface area contributed by atoms with E-state index >= 15 is 0 Å². The average Bonchev–Trinajstić information content (AvgIpc) is 2.03. The molecule has 12 heavy (non-hydrogen) atoms. The first-order chi connectivity index (χ1) is 5.66. The summed E-state index contributed by atoms with van der Waals surface area (Å²) in [6, 6.07) is 7.17. The lowest BCUT2D eigenvalue weighted by Gasteiger charge is -2.07. The maximum Gasteiger partial charge on any atom is 0.101 e. The fourth-order valence-corrected chi connectivity index (χ4v) is 1.26. The molecule has 1 atom stereocenters. The summed E-state index contributed by atoms with van der Waals surface area (Å²) >= 11 is 5.80. The van der Waals surface area contributed by atoms with Gasteiger partial charge in [-0.1, -0.05) is 23.7 Å². The van der Waals surface area contributed by atoms with Crippen molar-refractivity contribution >= 4 is 11.6 Å². The molecule has 0 saturated carbocycles. The summed E-state index contributed by atoms with van der Waals surface area (Å²) in [5, 5.41) is 9.22. The van der Waals surface area contributed by atoms with E-state index in [1.807, 2.05) is 19.1 Å². The van der Waals surface area contributed by atoms with Gasteiger partial charge in [0.25, 0.3) is 0 Å². The Labute approximate surface area is 76.6 Å². The van der Waals surface area contributed by atoms with Crippen LogP contribution in [-0.4, -0.2) is 0 Å². The highest BCUT2D eigenvalue weighted by Gasteiger charge is 2.08. The molecule has 2 nitrogen and oxygen atoms in total. The summed E-state index contributed by atoms with van der Waals surface area (Å²) in [5.41, 5.74) is 6.93. The number of nitrogens with two attached hydrogens (primary N) is 1. The van der Waals surface area contributed by atoms with Crippen LogP contribution in [0.15, 0.2) is 18.2 Å². The van der Waals surface area contributed by atoms with Crippen molar-refractivity contribution in [1.82, 2.24) is 0 Å². The highest BCUT2D eigenvalue weighted by molar-refractivity contribution is 6.31. The molecule has 0 amide bonds. The van der Waals surface area contributed by atoms with E-state index in [0.717, 1.165) is 5.56 Å². The fourth-order valence-electron chi connectivity index (χ4n) is 1.04. The normalized spacial score (nSPS) is 12.2. The molecular weight excluding hydrogens is 172 g/mol. The predicted molar refractivity (Wildman–Crippen MR) is 48.8 cm³/mol. The quantitative estimate of drug-likeness (QED) is 0.721. The molecule has 0 aliphatic rings. The lowest BCUT2D eigenvalue weighted by Crippen LogP contribution is -2.07. The predicted octanol–water partition coefficient (Wildman–Crippen LogP) is 2.23. The zero-order valence-corrected chi connectivity index (χ0v) is 7.47. The van der Waals surface area contributed by atoms with Gasteiger partial charge in [0.1, 0.15) is 6.07 Å². The van der Waals surface area contributed by atoms with Gasteiger partial charge in [-0.3, -0.25) is 0 Å². The fraction of sp³-hybridized carbons (Fsp3) is 0.222. The molecule has 2 N–H and O–H groups in total. The van der Waals surface area contributed by atoms with E-state index in [9.17, 15) is 0 Å². The first-order valence-electron chi connectivity index (χ1n) is 3.61. The maximum atomic E-state index is 8.76. The minimum atomic E-state index is -0.154. The van der Waals surface area contributed by atoms with Crippen molar-refractivity contribution < 1.29 is 0 Å². The molecule has 62 valence electrons. The molecule has 0 heterocycles. The van der Waals surface area contributed by atoms with Crippen LogP contribution in [-0.2, 0) is 0 Å². The SMILES string of the molecule is CC(N)c1cccc(Cl)c1C#N. The number of rotatable bonds is 1. The third-order valence-corrected chi connectivity index (χ3v) is 1.96. The Morgan fingerprint density at radius 1 is 1.58 bits per heavy atom. The van der Waals surface area contributed by atoms with Crippen LogP contribution >= 0.6 is 11.6 Å². The molecular formula is C9H9ClN2. The van der Waals surface area contributed by atoms with Crippen LogP contribution in [0, 0.1) is 11.3 Å². The van der Waals surface area contributed by atoms with Crippen LogP contribution in [0.3, 0.4) is 0 Å². The standard InChI is InChI=1S/C9H9ClN2/c1-6(12)7-3-2-4-9(10)8(7)5-11/h2-4,6H,12H2,1H3. The van der Waals surface area contributed by atoms with Gasteiger partial charge in [0.2, 0.25) is 0 Å². The van der Waals surface area contributed by atoms with E-state index in [0.29, 0.717) is 10.6 Å². The zero-order chi connectivity index (χ0) is 9.14. The largest absolute Gasteiger partial charge is 0.324 e. The molecule has 0 aliphatic carbocycles. The van der Waals surface area contributed by atoms with Crippen molar-refractivity contribution in [1.29, 1.82) is 5.26 Å². The summed E-state index contributed by atoms with van der Waals surface area (Å²) in [5.74, 6) is 0. The Kier molecular flexibility index (Phi) is 2.69. The second kappa shape index (κ2) is 3.57. The average molecular weight is 181 g/mol. The molecule has 3 heteroatoms. The van der Waals surface area contributed by atoms with Crippen molar-refractivity contribution in [3.8, 4) is 6.07 Å². The Morgan fingerprint density at radius 2 is 2.25 bits per heavy atom. The van der Waals surface area contributed by atoms with Gasteiger partial charge in [-0.05, 0) is 18.6 Å². The number of nitriles is 1. The van der Waals surface area contributed by atoms with Crippen LogP contribution in [0.2, 0.25) is 5.02 Å². The van der Waals surface area contributed by atoms with Crippen LogP contribution in [0.4, 0.5) is 0 Å². The molecule has 0 spiro atoms. The molecule has 0 bridgehead atoms. The van der Waals surface area contributed by atoms with Gasteiger partial charge in [-0.25, -0.2) is 0 Å². The summed E-state index contributed by atoms with van der Waals surface area (Å²) in [4.78, 5) is 0. The summed E-state index contributed by atoms with van der Waals surface area (Å²) in [7, 11) is 0. The Bertz CT molecular complexity index is 326. The Morgan fingerprint density at radius 3 is 2.67 bits per heavy atom. The van der Waals surface area contributed by atoms with Crippen molar-refractivity contribution in [3.05, 3.63) is 34.3 Å². The first kappa shape index (κ1) is 9.05. The lowest BCUT2D eigenvalue weighted by atomic mass is 10.0. The van der Waals surface area contributed by atoms with E-state index in [-0.39, 0.29) is 6.04 Å². The molecule has 1 rings (SSSR count). The number of halogens is 1. The number of benzene rings is 1. The molecule has 0 aliphatic heterocycles. The van der Waals surface area contributed by atoms with E-state index < -0.39 is 0 Å². The topological polar surface area (TPSA) is 49.8 Å². The molecule has 0 radical (unpaired) electrons. The molecule has 0 aromatic heterocycles. The van der Waals surface area contributed by atoms with Crippen LogP contribution < -0.4 is 5.73 Å². The second-order valence-corrected chi connectivity index (χ2v) is 3.01. The number of hydrogen-bond donors (Lipinski definition) is 1. The lowest BCUT2D eigenvalue weighted by molar-refractivity contribution is 0.815. The molecule has 1 unspecified atom stereocenters. The van der Waals surface area contributed by atoms with E-state index in [4.69, 9.17) is 22.6 Å². The van der Waals surface area contributed by atoms with E-state index in [2.05, 4.69) is 0 Å². The van der Waals surface area contributed by atoms with Crippen molar-refractivity contribution in [2.75, 3.05) is 0 Å². The van der Waals surface area contributed by atoms with Gasteiger partial charge in [0.15, 0.2) is 0 Å². The summed E-state index contributed by atoms with van der Waals surface area (Å²) in [6.07, 6.45) is 0. The summed E-state index contributed by atoms with van der Waals surface area (Å²) < 4.78 is 0. The Balaban J connectivity index is 3.30. The summed E-state index contributed by atoms with van der Waals surface area (Å²) in [6.45, 7) is 1.83. The molecule has 1 aromatic carbocycles. The highest BCUT2D eigenvalue weighted by atomic mass is 35.5. The van der Waals surface area contributed by atoms with Crippen molar-refractivity contribution in [2.24, 2.45) is 5.73 Å². The molecule has 1 aromatic rings. The smallest absolute Gasteiger partial charge is 0.101 e. The van der Waals surface area contributed by atoms with Crippen LogP contribution in [0.1, 0.15) is 24.1 Å². The van der Waals surface area contributed by atoms with Gasteiger partial charge in [-0.2, -0.15) is 5.26 Å². The van der Waals surface area contributed by atoms with Gasteiger partial charge < -0.3 is 5.73 Å². The minimum absolute atomic E-state index is 0.154. The highest BCUT2D eigenvalue weighted by Crippen LogP contribution is 2.22. The number of hydrogen-bond acceptors (Lipinski definition) is 2.